The van der Waals surface area contributed by atoms with Crippen molar-refractivity contribution in [2.45, 2.75) is 68.9 Å². The minimum atomic E-state index is -0.964. The quantitative estimate of drug-likeness (QED) is 0.190. The summed E-state index contributed by atoms with van der Waals surface area (Å²) in [6, 6.07) is 18.2. The number of aryl methyl sites for hydroxylation is 1. The van der Waals surface area contributed by atoms with Gasteiger partial charge < -0.3 is 23.8 Å². The molecule has 0 radical (unpaired) electrons. The Morgan fingerprint density at radius 2 is 1.65 bits per heavy atom. The number of nitrogens with one attached hydrogen (secondary N) is 1. The molecule has 1 unspecified atom stereocenters. The molecule has 6 aliphatic rings. The summed E-state index contributed by atoms with van der Waals surface area (Å²) >= 11 is 0. The van der Waals surface area contributed by atoms with E-state index in [-0.39, 0.29) is 31.0 Å². The van der Waals surface area contributed by atoms with Gasteiger partial charge in [0, 0.05) is 123 Å². The number of carbonyl (C=O) groups is 4. The van der Waals surface area contributed by atoms with E-state index in [2.05, 4.69) is 79.0 Å². The molecule has 1 spiro atoms. The number of nitrogens with zero attached hydrogens (tertiary/aromatic N) is 7. The van der Waals surface area contributed by atoms with Crippen molar-refractivity contribution in [1.82, 2.24) is 34.6 Å². The fourth-order valence-electron chi connectivity index (χ4n) is 10.6. The molecule has 1 atom stereocenters. The lowest BCUT2D eigenvalue weighted by molar-refractivity contribution is -0.136. The first-order valence-corrected chi connectivity index (χ1v) is 21.2. The topological polar surface area (TPSA) is 142 Å². The lowest BCUT2D eigenvalue weighted by Crippen LogP contribution is -2.68. The maximum atomic E-state index is 13.2. The molecule has 2 aromatic carbocycles. The molecule has 2 aliphatic carbocycles. The first kappa shape index (κ1) is 37.3. The average Bonchev–Trinajstić information content (AvgIpc) is 3.61. The van der Waals surface area contributed by atoms with Gasteiger partial charge in [-0.3, -0.25) is 39.3 Å². The minimum Gasteiger partial charge on any atom is -0.474 e. The van der Waals surface area contributed by atoms with Crippen LogP contribution in [-0.2, 0) is 21.4 Å². The van der Waals surface area contributed by atoms with E-state index < -0.39 is 23.8 Å². The molecule has 4 amide bonds. The van der Waals surface area contributed by atoms with Crippen LogP contribution in [0.5, 0.6) is 5.88 Å². The fourth-order valence-corrected chi connectivity index (χ4v) is 10.6. The number of pyridine rings is 2. The zero-order chi connectivity index (χ0) is 40.9. The first-order chi connectivity index (χ1) is 29.1. The van der Waals surface area contributed by atoms with E-state index in [1.165, 1.54) is 34.6 Å². The van der Waals surface area contributed by atoms with Gasteiger partial charge in [-0.1, -0.05) is 12.1 Å². The normalized spacial score (nSPS) is 24.1. The van der Waals surface area contributed by atoms with Crippen LogP contribution in [-0.4, -0.2) is 130 Å². The van der Waals surface area contributed by atoms with Crippen LogP contribution >= 0.6 is 0 Å². The summed E-state index contributed by atoms with van der Waals surface area (Å²) in [5.74, 6) is -1.27. The van der Waals surface area contributed by atoms with Crippen LogP contribution < -0.4 is 15.0 Å². The van der Waals surface area contributed by atoms with Crippen molar-refractivity contribution in [1.29, 1.82) is 0 Å². The maximum absolute atomic E-state index is 13.2. The van der Waals surface area contributed by atoms with E-state index in [9.17, 15) is 19.2 Å². The molecule has 308 valence electrons. The lowest BCUT2D eigenvalue weighted by Gasteiger charge is -2.62. The number of ether oxygens (including phenoxy) is 2. The van der Waals surface area contributed by atoms with Crippen LogP contribution in [0.1, 0.15) is 59.2 Å². The Labute approximate surface area is 347 Å². The number of hydrogen-bond donors (Lipinski definition) is 1. The highest BCUT2D eigenvalue weighted by molar-refractivity contribution is 6.23. The van der Waals surface area contributed by atoms with Crippen LogP contribution in [0.25, 0.3) is 32.9 Å². The summed E-state index contributed by atoms with van der Waals surface area (Å²) in [6.07, 6.45) is 10.8. The van der Waals surface area contributed by atoms with Gasteiger partial charge in [-0.25, -0.2) is 4.98 Å². The second-order valence-corrected chi connectivity index (χ2v) is 17.9. The molecular weight excluding hydrogens is 761 g/mol. The summed E-state index contributed by atoms with van der Waals surface area (Å²) < 4.78 is 14.7. The Bertz CT molecular complexity index is 2560. The van der Waals surface area contributed by atoms with Gasteiger partial charge in [0.25, 0.3) is 11.8 Å². The third-order valence-electron chi connectivity index (χ3n) is 14.2. The minimum absolute atomic E-state index is 0.0985. The van der Waals surface area contributed by atoms with Gasteiger partial charge in [0.05, 0.1) is 29.4 Å². The predicted molar refractivity (Wildman–Crippen MR) is 224 cm³/mol. The van der Waals surface area contributed by atoms with Gasteiger partial charge >= 0.3 is 0 Å². The number of benzene rings is 2. The molecular formula is C46H48N8O6. The van der Waals surface area contributed by atoms with E-state index in [4.69, 9.17) is 9.47 Å². The Morgan fingerprint density at radius 3 is 2.43 bits per heavy atom. The summed E-state index contributed by atoms with van der Waals surface area (Å²) in [4.78, 5) is 67.5. The fraction of sp³-hybridized carbons (Fsp3) is 0.435. The molecule has 5 aromatic rings. The second kappa shape index (κ2) is 14.2. The van der Waals surface area contributed by atoms with Crippen LogP contribution in [0.2, 0.25) is 0 Å². The Morgan fingerprint density at radius 1 is 0.850 bits per heavy atom. The summed E-state index contributed by atoms with van der Waals surface area (Å²) in [5.41, 5.74) is 6.46. The van der Waals surface area contributed by atoms with Crippen LogP contribution in [0, 0.1) is 5.41 Å². The zero-order valence-corrected chi connectivity index (χ0v) is 33.9. The number of hydrogen-bond acceptors (Lipinski definition) is 11. The van der Waals surface area contributed by atoms with E-state index in [1.807, 2.05) is 30.7 Å². The highest BCUT2D eigenvalue weighted by atomic mass is 16.5. The predicted octanol–water partition coefficient (Wildman–Crippen LogP) is 4.40. The number of amides is 4. The molecule has 14 heteroatoms. The van der Waals surface area contributed by atoms with Crippen LogP contribution in [0.3, 0.4) is 0 Å². The summed E-state index contributed by atoms with van der Waals surface area (Å²) in [7, 11) is 4.39. The molecule has 11 rings (SSSR count). The molecule has 3 saturated heterocycles. The van der Waals surface area contributed by atoms with Gasteiger partial charge in [-0.2, -0.15) is 0 Å². The molecule has 14 nitrogen and oxygen atoms in total. The summed E-state index contributed by atoms with van der Waals surface area (Å²) in [6.45, 7) is 5.33. The van der Waals surface area contributed by atoms with Crippen molar-refractivity contribution < 1.29 is 28.7 Å². The van der Waals surface area contributed by atoms with Gasteiger partial charge in [-0.05, 0) is 73.7 Å². The Hall–Kier alpha value is -5.70. The zero-order valence-electron chi connectivity index (χ0n) is 33.9. The van der Waals surface area contributed by atoms with Gasteiger partial charge in [-0.15, -0.1) is 0 Å². The summed E-state index contributed by atoms with van der Waals surface area (Å²) in [5, 5.41) is 4.61. The van der Waals surface area contributed by atoms with Gasteiger partial charge in [0.2, 0.25) is 17.7 Å². The van der Waals surface area contributed by atoms with Crippen molar-refractivity contribution in [3.8, 4) is 17.0 Å². The highest BCUT2D eigenvalue weighted by Gasteiger charge is 2.54. The molecule has 1 N–H and O–H groups in total. The van der Waals surface area contributed by atoms with Crippen molar-refractivity contribution >= 4 is 51.1 Å². The average molecular weight is 809 g/mol. The Kier molecular flexibility index (Phi) is 8.83. The van der Waals surface area contributed by atoms with E-state index in [0.717, 1.165) is 54.2 Å². The number of likely N-dealkylation sites (tertiary alicyclic amines) is 1. The van der Waals surface area contributed by atoms with Gasteiger partial charge in [0.1, 0.15) is 12.1 Å². The number of carbonyl (C=O) groups excluding carboxylic acids is 4. The van der Waals surface area contributed by atoms with E-state index in [0.29, 0.717) is 54.2 Å². The number of piperidine rings is 1. The molecule has 4 aliphatic heterocycles. The van der Waals surface area contributed by atoms with Crippen LogP contribution in [0.4, 0.5) is 5.69 Å². The maximum Gasteiger partial charge on any atom is 0.262 e. The molecule has 0 bridgehead atoms. The molecule has 3 aromatic heterocycles. The second-order valence-electron chi connectivity index (χ2n) is 17.9. The largest absolute Gasteiger partial charge is 0.474 e. The van der Waals surface area contributed by atoms with Crippen molar-refractivity contribution in [2.24, 2.45) is 12.5 Å². The van der Waals surface area contributed by atoms with Crippen molar-refractivity contribution in [3.05, 3.63) is 84.3 Å². The molecule has 60 heavy (non-hydrogen) atoms. The van der Waals surface area contributed by atoms with E-state index >= 15 is 0 Å². The monoisotopic (exact) mass is 808 g/mol. The number of rotatable bonds is 11. The SMILES string of the molecule is CN(C1CC(Oc2ccc(-c3ccc4c5cnccc5n(C)c4c3)cn2)C1)C1CC2(C1)CN(CCOC1CN(c3ccc4c(c3)C(=O)N(C3CCC(=O)NC3=O)C4=O)C1)C2. The van der Waals surface area contributed by atoms with Crippen molar-refractivity contribution in [2.75, 3.05) is 51.3 Å². The number of imide groups is 2. The third-order valence-corrected chi connectivity index (χ3v) is 14.2. The van der Waals surface area contributed by atoms with Crippen LogP contribution in [0.15, 0.2) is 73.2 Å². The third kappa shape index (κ3) is 6.26. The first-order valence-electron chi connectivity index (χ1n) is 21.2. The molecule has 5 fully saturated rings. The number of fused-ring (bicyclic) bond motifs is 4. The molecule has 2 saturated carbocycles. The van der Waals surface area contributed by atoms with E-state index in [1.54, 1.807) is 12.1 Å². The standard InChI is InChI=1S/C46H48N8O6/c1-50(30-16-32(17-30)60-42-10-4-28(21-48-42)27-3-6-34-37-22-47-12-11-38(37)51(2)40(34)15-27)31-19-46(20-31)25-52(26-46)13-14-59-33-23-53(24-33)29-5-7-35-36(18-29)45(58)54(44(35)57)39-8-9-41(55)49-43(39)56/h3-7,10-12,15,18,21-22,30-33,39H,8-9,13-14,16-17,19-20,23-26H2,1-2H3,(H,49,55,56). The van der Waals surface area contributed by atoms with Crippen molar-refractivity contribution in [3.63, 3.8) is 0 Å². The lowest BCUT2D eigenvalue weighted by atomic mass is 9.60. The molecule has 7 heterocycles. The van der Waals surface area contributed by atoms with Gasteiger partial charge in [0.15, 0.2) is 0 Å². The number of aromatic nitrogens is 3. The highest BCUT2D eigenvalue weighted by Crippen LogP contribution is 2.51. The Balaban J connectivity index is 0.584. The smallest absolute Gasteiger partial charge is 0.262 e. The number of anilines is 1.